The normalized spacial score (nSPS) is 24.7. The van der Waals surface area contributed by atoms with E-state index < -0.39 is 0 Å². The summed E-state index contributed by atoms with van der Waals surface area (Å²) in [6, 6.07) is 0. The fourth-order valence-electron chi connectivity index (χ4n) is 1.82. The molecule has 1 aliphatic rings. The van der Waals surface area contributed by atoms with E-state index in [9.17, 15) is 5.11 Å². The maximum Gasteiger partial charge on any atom is 0.225 e. The van der Waals surface area contributed by atoms with Crippen LogP contribution in [-0.2, 0) is 0 Å². The maximum atomic E-state index is 9.17. The molecule has 4 nitrogen and oxygen atoms in total. The van der Waals surface area contributed by atoms with Crippen molar-refractivity contribution in [1.29, 1.82) is 0 Å². The second kappa shape index (κ2) is 4.33. The summed E-state index contributed by atoms with van der Waals surface area (Å²) in [7, 11) is 1.95. The van der Waals surface area contributed by atoms with Crippen molar-refractivity contribution in [2.45, 2.75) is 18.9 Å². The SMILES string of the molecule is CN(CC1CC(O)C1)c1ncc(Cl)cn1. The Morgan fingerprint density at radius 2 is 2.07 bits per heavy atom. The Kier molecular flexibility index (Phi) is 3.07. The van der Waals surface area contributed by atoms with Crippen molar-refractivity contribution >= 4 is 17.5 Å². The standard InChI is InChI=1S/C10H14ClN3O/c1-14(6-7-2-9(15)3-7)10-12-4-8(11)5-13-10/h4-5,7,9,15H,2-3,6H2,1H3. The zero-order valence-corrected chi connectivity index (χ0v) is 9.35. The van der Waals surface area contributed by atoms with Crippen LogP contribution in [0, 0.1) is 5.92 Å². The molecule has 1 N–H and O–H groups in total. The smallest absolute Gasteiger partial charge is 0.225 e. The van der Waals surface area contributed by atoms with Crippen molar-refractivity contribution in [3.8, 4) is 0 Å². The highest BCUT2D eigenvalue weighted by Gasteiger charge is 2.28. The Morgan fingerprint density at radius 1 is 1.47 bits per heavy atom. The van der Waals surface area contributed by atoms with Crippen LogP contribution in [0.5, 0.6) is 0 Å². The van der Waals surface area contributed by atoms with E-state index in [4.69, 9.17) is 11.6 Å². The third-order valence-corrected chi connectivity index (χ3v) is 2.89. The van der Waals surface area contributed by atoms with Crippen molar-refractivity contribution in [3.05, 3.63) is 17.4 Å². The lowest BCUT2D eigenvalue weighted by atomic mass is 9.82. The van der Waals surface area contributed by atoms with Crippen LogP contribution in [0.3, 0.4) is 0 Å². The highest BCUT2D eigenvalue weighted by Crippen LogP contribution is 2.28. The van der Waals surface area contributed by atoms with Gasteiger partial charge in [0.15, 0.2) is 0 Å². The van der Waals surface area contributed by atoms with Gasteiger partial charge in [-0.2, -0.15) is 0 Å². The summed E-state index contributed by atoms with van der Waals surface area (Å²) in [5.41, 5.74) is 0. The summed E-state index contributed by atoms with van der Waals surface area (Å²) < 4.78 is 0. The van der Waals surface area contributed by atoms with Crippen LogP contribution < -0.4 is 4.90 Å². The quantitative estimate of drug-likeness (QED) is 0.847. The summed E-state index contributed by atoms with van der Waals surface area (Å²) in [4.78, 5) is 10.3. The van der Waals surface area contributed by atoms with Gasteiger partial charge in [-0.15, -0.1) is 0 Å². The summed E-state index contributed by atoms with van der Waals surface area (Å²) in [6.07, 6.45) is 4.86. The van der Waals surface area contributed by atoms with Gasteiger partial charge in [-0.3, -0.25) is 0 Å². The van der Waals surface area contributed by atoms with E-state index >= 15 is 0 Å². The number of halogens is 1. The third kappa shape index (κ3) is 2.58. The van der Waals surface area contributed by atoms with Crippen LogP contribution in [0.15, 0.2) is 12.4 Å². The number of aliphatic hydroxyl groups excluding tert-OH is 1. The minimum Gasteiger partial charge on any atom is -0.393 e. The molecule has 0 saturated heterocycles. The molecule has 5 heteroatoms. The van der Waals surface area contributed by atoms with Gasteiger partial charge in [0.25, 0.3) is 0 Å². The van der Waals surface area contributed by atoms with Crippen molar-refractivity contribution in [2.75, 3.05) is 18.5 Å². The molecule has 0 radical (unpaired) electrons. The lowest BCUT2D eigenvalue weighted by Gasteiger charge is -2.34. The van der Waals surface area contributed by atoms with E-state index in [1.54, 1.807) is 12.4 Å². The van der Waals surface area contributed by atoms with Gasteiger partial charge in [0, 0.05) is 13.6 Å². The van der Waals surface area contributed by atoms with E-state index in [1.165, 1.54) is 0 Å². The molecule has 0 amide bonds. The minimum absolute atomic E-state index is 0.102. The first-order chi connectivity index (χ1) is 7.15. The van der Waals surface area contributed by atoms with E-state index in [1.807, 2.05) is 11.9 Å². The van der Waals surface area contributed by atoms with Gasteiger partial charge in [0.1, 0.15) is 0 Å². The van der Waals surface area contributed by atoms with Crippen LogP contribution in [0.2, 0.25) is 5.02 Å². The van der Waals surface area contributed by atoms with E-state index in [0.717, 1.165) is 19.4 Å². The van der Waals surface area contributed by atoms with Crippen LogP contribution in [0.1, 0.15) is 12.8 Å². The molecule has 0 atom stereocenters. The van der Waals surface area contributed by atoms with Crippen LogP contribution in [0.4, 0.5) is 5.95 Å². The molecule has 0 bridgehead atoms. The Bertz CT molecular complexity index is 324. The van der Waals surface area contributed by atoms with E-state index in [-0.39, 0.29) is 6.10 Å². The zero-order valence-electron chi connectivity index (χ0n) is 8.60. The zero-order chi connectivity index (χ0) is 10.8. The maximum absolute atomic E-state index is 9.17. The molecule has 0 spiro atoms. The first-order valence-electron chi connectivity index (χ1n) is 5.02. The molecule has 0 aromatic carbocycles. The van der Waals surface area contributed by atoms with E-state index in [2.05, 4.69) is 9.97 Å². The predicted octanol–water partition coefficient (Wildman–Crippen LogP) is 1.34. The molecular formula is C10H14ClN3O. The number of hydrogen-bond donors (Lipinski definition) is 1. The topological polar surface area (TPSA) is 49.2 Å². The molecule has 82 valence electrons. The summed E-state index contributed by atoms with van der Waals surface area (Å²) in [5.74, 6) is 1.24. The summed E-state index contributed by atoms with van der Waals surface area (Å²) in [6.45, 7) is 0.888. The van der Waals surface area contributed by atoms with Crippen molar-refractivity contribution in [1.82, 2.24) is 9.97 Å². The second-order valence-electron chi connectivity index (χ2n) is 4.07. The molecule has 1 aromatic heterocycles. The number of nitrogens with zero attached hydrogens (tertiary/aromatic N) is 3. The first-order valence-corrected chi connectivity index (χ1v) is 5.39. The second-order valence-corrected chi connectivity index (χ2v) is 4.51. The molecule has 2 rings (SSSR count). The van der Waals surface area contributed by atoms with Gasteiger partial charge < -0.3 is 10.0 Å². The van der Waals surface area contributed by atoms with Gasteiger partial charge in [0.2, 0.25) is 5.95 Å². The fourth-order valence-corrected chi connectivity index (χ4v) is 1.92. The Morgan fingerprint density at radius 3 is 2.60 bits per heavy atom. The van der Waals surface area contributed by atoms with Crippen molar-refractivity contribution in [2.24, 2.45) is 5.92 Å². The largest absolute Gasteiger partial charge is 0.393 e. The van der Waals surface area contributed by atoms with Gasteiger partial charge in [0.05, 0.1) is 23.5 Å². The average molecular weight is 228 g/mol. The van der Waals surface area contributed by atoms with Crippen molar-refractivity contribution < 1.29 is 5.11 Å². The highest BCUT2D eigenvalue weighted by molar-refractivity contribution is 6.30. The molecule has 15 heavy (non-hydrogen) atoms. The number of rotatable bonds is 3. The Labute approximate surface area is 93.9 Å². The summed E-state index contributed by atoms with van der Waals surface area (Å²) in [5, 5.41) is 9.72. The molecule has 1 aromatic rings. The van der Waals surface area contributed by atoms with Crippen LogP contribution >= 0.6 is 11.6 Å². The molecule has 1 fully saturated rings. The number of aliphatic hydroxyl groups is 1. The predicted molar refractivity (Wildman–Crippen MR) is 59.0 cm³/mol. The molecule has 1 aliphatic carbocycles. The average Bonchev–Trinajstić information content (AvgIpc) is 2.16. The number of hydrogen-bond acceptors (Lipinski definition) is 4. The van der Waals surface area contributed by atoms with Crippen LogP contribution in [-0.4, -0.2) is 34.8 Å². The summed E-state index contributed by atoms with van der Waals surface area (Å²) >= 11 is 5.70. The number of anilines is 1. The molecule has 0 unspecified atom stereocenters. The Hall–Kier alpha value is -0.870. The molecule has 1 saturated carbocycles. The highest BCUT2D eigenvalue weighted by atomic mass is 35.5. The molecule has 0 aliphatic heterocycles. The fraction of sp³-hybridized carbons (Fsp3) is 0.600. The van der Waals surface area contributed by atoms with Crippen LogP contribution in [0.25, 0.3) is 0 Å². The Balaban J connectivity index is 1.90. The lowest BCUT2D eigenvalue weighted by Crippen LogP contribution is -2.37. The van der Waals surface area contributed by atoms with E-state index in [0.29, 0.717) is 16.9 Å². The minimum atomic E-state index is -0.102. The van der Waals surface area contributed by atoms with Gasteiger partial charge in [-0.25, -0.2) is 9.97 Å². The monoisotopic (exact) mass is 227 g/mol. The van der Waals surface area contributed by atoms with Gasteiger partial charge in [-0.1, -0.05) is 11.6 Å². The van der Waals surface area contributed by atoms with Gasteiger partial charge in [-0.05, 0) is 18.8 Å². The molecular weight excluding hydrogens is 214 g/mol. The molecule has 1 heterocycles. The third-order valence-electron chi connectivity index (χ3n) is 2.69. The van der Waals surface area contributed by atoms with Gasteiger partial charge >= 0.3 is 0 Å². The van der Waals surface area contributed by atoms with Crippen molar-refractivity contribution in [3.63, 3.8) is 0 Å². The lowest BCUT2D eigenvalue weighted by molar-refractivity contribution is 0.0463. The number of aromatic nitrogens is 2. The first kappa shape index (κ1) is 10.6.